The van der Waals surface area contributed by atoms with Crippen LogP contribution in [0.1, 0.15) is 67.3 Å². The molecular weight excluding hydrogens is 699 g/mol. The fourth-order valence-electron chi connectivity index (χ4n) is 4.01. The van der Waals surface area contributed by atoms with Crippen molar-refractivity contribution in [1.29, 1.82) is 0 Å². The van der Waals surface area contributed by atoms with Gasteiger partial charge in [0.05, 0.1) is 0 Å². The van der Waals surface area contributed by atoms with Crippen molar-refractivity contribution in [1.82, 2.24) is 0 Å². The van der Waals surface area contributed by atoms with Crippen LogP contribution in [-0.2, 0) is 25.8 Å². The molecule has 0 saturated carbocycles. The fourth-order valence-corrected chi connectivity index (χ4v) is 4.01. The minimum atomic E-state index is 0. The van der Waals surface area contributed by atoms with Gasteiger partial charge in [0, 0.05) is 12.4 Å². The molecule has 5 rings (SSSR count). The Balaban J connectivity index is 0.000000355. The summed E-state index contributed by atoms with van der Waals surface area (Å²) in [5.74, 6) is 0.883. The van der Waals surface area contributed by atoms with Crippen molar-refractivity contribution in [3.63, 3.8) is 0 Å². The van der Waals surface area contributed by atoms with E-state index in [4.69, 9.17) is 5.32 Å². The standard InChI is InChI=1S/C20H25N2.3C7H7.Hf/c1-14(2)16-10-9-11-17(15(3)4)20(16)22-19-13-8-6-7-12-18(19)21-5;3*1-7-5-3-2-4-6-7;/h6-15H,1-5H3;3*2-6H,1H2;/q4*-1;+4. The molecular formula is C41H46HfN2. The van der Waals surface area contributed by atoms with Crippen LogP contribution in [0.15, 0.2) is 145 Å². The molecule has 0 bridgehead atoms. The number of benzene rings is 4. The van der Waals surface area contributed by atoms with Gasteiger partial charge in [-0.05, 0) is 17.9 Å². The molecule has 0 aromatic heterocycles. The first kappa shape index (κ1) is 38.1. The monoisotopic (exact) mass is 746 g/mol. The van der Waals surface area contributed by atoms with Crippen molar-refractivity contribution in [3.05, 3.63) is 199 Å². The molecule has 0 aliphatic rings. The molecule has 3 heteroatoms. The van der Waals surface area contributed by atoms with Crippen LogP contribution in [0.5, 0.6) is 0 Å². The topological polar surface area (TPSA) is 26.5 Å². The second kappa shape index (κ2) is 21.7. The Labute approximate surface area is 286 Å². The molecule has 0 aliphatic carbocycles. The Kier molecular flexibility index (Phi) is 18.8. The molecule has 2 nitrogen and oxygen atoms in total. The first-order valence-corrected chi connectivity index (χ1v) is 14.7. The van der Waals surface area contributed by atoms with Crippen molar-refractivity contribution < 1.29 is 25.8 Å². The predicted molar refractivity (Wildman–Crippen MR) is 188 cm³/mol. The maximum Gasteiger partial charge on any atom is 4.00 e. The van der Waals surface area contributed by atoms with E-state index in [-0.39, 0.29) is 25.8 Å². The molecule has 0 unspecified atom stereocenters. The van der Waals surface area contributed by atoms with Gasteiger partial charge in [0.1, 0.15) is 0 Å². The molecule has 0 amide bonds. The zero-order chi connectivity index (χ0) is 31.5. The van der Waals surface area contributed by atoms with Gasteiger partial charge >= 0.3 is 25.8 Å². The Morgan fingerprint density at radius 1 is 0.477 bits per heavy atom. The number of rotatable bonds is 4. The number of para-hydroxylation sites is 1. The van der Waals surface area contributed by atoms with E-state index in [0.29, 0.717) is 11.8 Å². The number of nitrogens with zero attached hydrogens (tertiary/aromatic N) is 2. The van der Waals surface area contributed by atoms with Crippen LogP contribution in [0.25, 0.3) is 5.32 Å². The summed E-state index contributed by atoms with van der Waals surface area (Å²) in [5, 5.41) is 5.92. The quantitative estimate of drug-likeness (QED) is 0.129. The summed E-state index contributed by atoms with van der Waals surface area (Å²) in [6.45, 7) is 20.0. The first-order valence-electron chi connectivity index (χ1n) is 14.7. The van der Waals surface area contributed by atoms with Gasteiger partial charge in [-0.15, -0.1) is 47.8 Å². The van der Waals surface area contributed by atoms with Crippen LogP contribution >= 0.6 is 0 Å². The summed E-state index contributed by atoms with van der Waals surface area (Å²) >= 11 is 0. The molecule has 0 heterocycles. The summed E-state index contributed by atoms with van der Waals surface area (Å²) < 4.78 is 0. The smallest absolute Gasteiger partial charge is 0.656 e. The van der Waals surface area contributed by atoms with E-state index in [9.17, 15) is 0 Å². The second-order valence-electron chi connectivity index (χ2n) is 10.6. The molecule has 5 aromatic carbocycles. The Morgan fingerprint density at radius 2 is 0.818 bits per heavy atom. The summed E-state index contributed by atoms with van der Waals surface area (Å²) in [5.41, 5.74) is 7.82. The van der Waals surface area contributed by atoms with E-state index in [1.54, 1.807) is 0 Å². The van der Waals surface area contributed by atoms with Crippen LogP contribution in [0, 0.1) is 20.8 Å². The van der Waals surface area contributed by atoms with Crippen molar-refractivity contribution in [2.45, 2.75) is 39.5 Å². The van der Waals surface area contributed by atoms with Gasteiger partial charge in [0.25, 0.3) is 0 Å². The second-order valence-corrected chi connectivity index (χ2v) is 10.6. The van der Waals surface area contributed by atoms with Crippen LogP contribution in [0.3, 0.4) is 0 Å². The van der Waals surface area contributed by atoms with E-state index in [2.05, 4.69) is 71.7 Å². The van der Waals surface area contributed by atoms with Crippen molar-refractivity contribution in [2.75, 3.05) is 7.05 Å². The van der Waals surface area contributed by atoms with Gasteiger partial charge in [-0.1, -0.05) is 99.5 Å². The molecule has 5 aromatic rings. The molecule has 0 saturated heterocycles. The maximum atomic E-state index is 5.00. The third-order valence-corrected chi connectivity index (χ3v) is 6.34. The van der Waals surface area contributed by atoms with Gasteiger partial charge in [-0.25, -0.2) is 0 Å². The number of hydrogen-bond donors (Lipinski definition) is 0. The normalized spacial score (nSPS) is 10.1. The van der Waals surface area contributed by atoms with Gasteiger partial charge < -0.3 is 5.32 Å². The average molecular weight is 745 g/mol. The minimum absolute atomic E-state index is 0. The van der Waals surface area contributed by atoms with E-state index >= 15 is 0 Å². The average Bonchev–Trinajstić information content (AvgIpc) is 3.24. The SMILES string of the molecule is CN=c1cccccc1[N-]c1c(C(C)C)cccc1C(C)C.[CH2-]c1ccccc1.[CH2-]c1ccccc1.[CH2-]c1ccccc1.[Hf+4]. The van der Waals surface area contributed by atoms with Gasteiger partial charge in [0.15, 0.2) is 0 Å². The third kappa shape index (κ3) is 14.5. The van der Waals surface area contributed by atoms with Crippen molar-refractivity contribution in [2.24, 2.45) is 4.99 Å². The fraction of sp³-hybridized carbons (Fsp3) is 0.171. The zero-order valence-corrected chi connectivity index (χ0v) is 30.5. The maximum absolute atomic E-state index is 5.00. The van der Waals surface area contributed by atoms with Gasteiger partial charge in [0.2, 0.25) is 0 Å². The minimum Gasteiger partial charge on any atom is -0.656 e. The third-order valence-electron chi connectivity index (χ3n) is 6.34. The summed E-state index contributed by atoms with van der Waals surface area (Å²) in [6.07, 6.45) is 0. The molecule has 224 valence electrons. The van der Waals surface area contributed by atoms with E-state index in [1.165, 1.54) is 11.1 Å². The molecule has 0 N–H and O–H groups in total. The van der Waals surface area contributed by atoms with E-state index in [1.807, 2.05) is 128 Å². The Morgan fingerprint density at radius 3 is 1.11 bits per heavy atom. The molecule has 0 aliphatic heterocycles. The Bertz CT molecular complexity index is 1400. The predicted octanol–water partition coefficient (Wildman–Crippen LogP) is 11.4. The largest absolute Gasteiger partial charge is 4.00 e. The van der Waals surface area contributed by atoms with Crippen LogP contribution in [-0.4, -0.2) is 7.05 Å². The van der Waals surface area contributed by atoms with E-state index in [0.717, 1.165) is 33.4 Å². The molecule has 44 heavy (non-hydrogen) atoms. The molecule has 0 fully saturated rings. The number of hydrogen-bond acceptors (Lipinski definition) is 1. The van der Waals surface area contributed by atoms with Crippen molar-refractivity contribution in [3.8, 4) is 0 Å². The van der Waals surface area contributed by atoms with Crippen LogP contribution < -0.4 is 5.36 Å². The van der Waals surface area contributed by atoms with E-state index < -0.39 is 0 Å². The van der Waals surface area contributed by atoms with Gasteiger partial charge in [-0.3, -0.25) is 4.99 Å². The van der Waals surface area contributed by atoms with Crippen molar-refractivity contribution >= 4 is 11.4 Å². The zero-order valence-electron chi connectivity index (χ0n) is 26.9. The Hall–Kier alpha value is -3.95. The summed E-state index contributed by atoms with van der Waals surface area (Å²) in [6, 6.07) is 46.2. The summed E-state index contributed by atoms with van der Waals surface area (Å²) in [7, 11) is 1.81. The molecule has 0 atom stereocenters. The first-order chi connectivity index (χ1) is 20.7. The summed E-state index contributed by atoms with van der Waals surface area (Å²) in [4.78, 5) is 4.36. The molecule has 0 radical (unpaired) electrons. The molecule has 0 spiro atoms. The van der Waals surface area contributed by atoms with Gasteiger partial charge in [-0.2, -0.15) is 73.9 Å². The van der Waals surface area contributed by atoms with Crippen LogP contribution in [0.2, 0.25) is 0 Å². The van der Waals surface area contributed by atoms with Crippen LogP contribution in [0.4, 0.5) is 11.4 Å².